The van der Waals surface area contributed by atoms with E-state index in [-0.39, 0.29) is 5.91 Å². The Morgan fingerprint density at radius 1 is 0.677 bits per heavy atom. The fourth-order valence-electron chi connectivity index (χ4n) is 3.30. The second-order valence-electron chi connectivity index (χ2n) is 9.38. The summed E-state index contributed by atoms with van der Waals surface area (Å²) in [6, 6.07) is 0. The van der Waals surface area contributed by atoms with Crippen LogP contribution in [0.15, 0.2) is 0 Å². The Bertz CT molecular complexity index is 436. The standard InChI is InChI=1S/C25H50N2O4/c1-5-6-7-8-9-10-11-12-13-14-15-16-17-18-23(28)26-19-21-30-22-20-27-24(29)31-25(2,3)4/h5-22H2,1-4H3,(H,26,28)(H,27,29). The molecular weight excluding hydrogens is 392 g/mol. The van der Waals surface area contributed by atoms with Crippen molar-refractivity contribution in [2.45, 2.75) is 123 Å². The highest BCUT2D eigenvalue weighted by Gasteiger charge is 2.15. The zero-order chi connectivity index (χ0) is 23.2. The molecule has 0 aromatic heterocycles. The highest BCUT2D eigenvalue weighted by molar-refractivity contribution is 5.75. The van der Waals surface area contributed by atoms with Gasteiger partial charge in [-0.1, -0.05) is 84.0 Å². The molecule has 0 radical (unpaired) electrons. The van der Waals surface area contributed by atoms with Crippen LogP contribution in [0.4, 0.5) is 4.79 Å². The smallest absolute Gasteiger partial charge is 0.407 e. The second-order valence-corrected chi connectivity index (χ2v) is 9.38. The van der Waals surface area contributed by atoms with Crippen molar-refractivity contribution < 1.29 is 19.1 Å². The first kappa shape index (κ1) is 29.7. The maximum Gasteiger partial charge on any atom is 0.407 e. The second kappa shape index (κ2) is 20.6. The van der Waals surface area contributed by atoms with Gasteiger partial charge in [0.25, 0.3) is 0 Å². The zero-order valence-electron chi connectivity index (χ0n) is 20.9. The van der Waals surface area contributed by atoms with Crippen LogP contribution in [0.1, 0.15) is 118 Å². The van der Waals surface area contributed by atoms with Crippen LogP contribution in [0.5, 0.6) is 0 Å². The third-order valence-electron chi connectivity index (χ3n) is 4.99. The van der Waals surface area contributed by atoms with Crippen LogP contribution in [-0.4, -0.2) is 43.9 Å². The highest BCUT2D eigenvalue weighted by Crippen LogP contribution is 2.12. The fraction of sp³-hybridized carbons (Fsp3) is 0.920. The van der Waals surface area contributed by atoms with E-state index in [1.54, 1.807) is 0 Å². The summed E-state index contributed by atoms with van der Waals surface area (Å²) < 4.78 is 10.5. The quantitative estimate of drug-likeness (QED) is 0.223. The summed E-state index contributed by atoms with van der Waals surface area (Å²) in [5.41, 5.74) is -0.498. The summed E-state index contributed by atoms with van der Waals surface area (Å²) in [5, 5.41) is 5.51. The van der Waals surface area contributed by atoms with Crippen LogP contribution in [0.3, 0.4) is 0 Å². The van der Waals surface area contributed by atoms with Gasteiger partial charge < -0.3 is 20.1 Å². The average molecular weight is 443 g/mol. The summed E-state index contributed by atoms with van der Waals surface area (Å²) in [6.07, 6.45) is 17.2. The average Bonchev–Trinajstić information content (AvgIpc) is 2.69. The largest absolute Gasteiger partial charge is 0.444 e. The van der Waals surface area contributed by atoms with Crippen LogP contribution < -0.4 is 10.6 Å². The van der Waals surface area contributed by atoms with Crippen molar-refractivity contribution in [2.24, 2.45) is 0 Å². The molecule has 0 aliphatic rings. The lowest BCUT2D eigenvalue weighted by molar-refractivity contribution is -0.121. The molecule has 31 heavy (non-hydrogen) atoms. The van der Waals surface area contributed by atoms with Gasteiger partial charge in [0.2, 0.25) is 5.91 Å². The van der Waals surface area contributed by atoms with Crippen LogP contribution in [0.2, 0.25) is 0 Å². The minimum absolute atomic E-state index is 0.0959. The number of unbranched alkanes of at least 4 members (excludes halogenated alkanes) is 12. The molecule has 0 rings (SSSR count). The number of hydrogen-bond acceptors (Lipinski definition) is 4. The molecule has 2 N–H and O–H groups in total. The maximum absolute atomic E-state index is 11.8. The third kappa shape index (κ3) is 24.8. The minimum Gasteiger partial charge on any atom is -0.444 e. The van der Waals surface area contributed by atoms with Gasteiger partial charge in [-0.2, -0.15) is 0 Å². The summed E-state index contributed by atoms with van der Waals surface area (Å²) in [6.45, 7) is 9.47. The third-order valence-corrected chi connectivity index (χ3v) is 4.99. The lowest BCUT2D eigenvalue weighted by atomic mass is 10.0. The molecule has 6 heteroatoms. The molecular formula is C25H50N2O4. The molecule has 2 amide bonds. The maximum atomic E-state index is 11.8. The van der Waals surface area contributed by atoms with E-state index in [4.69, 9.17) is 9.47 Å². The van der Waals surface area contributed by atoms with Crippen molar-refractivity contribution in [3.8, 4) is 0 Å². The molecule has 0 saturated heterocycles. The summed E-state index contributed by atoms with van der Waals surface area (Å²) in [5.74, 6) is 0.0959. The number of alkyl carbamates (subject to hydrolysis) is 1. The molecule has 0 saturated carbocycles. The van der Waals surface area contributed by atoms with Gasteiger partial charge in [-0.15, -0.1) is 0 Å². The SMILES string of the molecule is CCCCCCCCCCCCCCCC(=O)NCCOCCNC(=O)OC(C)(C)C. The summed E-state index contributed by atoms with van der Waals surface area (Å²) in [4.78, 5) is 23.3. The number of hydrogen-bond donors (Lipinski definition) is 2. The summed E-state index contributed by atoms with van der Waals surface area (Å²) >= 11 is 0. The van der Waals surface area contributed by atoms with Crippen LogP contribution in [0.25, 0.3) is 0 Å². The van der Waals surface area contributed by atoms with Gasteiger partial charge in [0.15, 0.2) is 0 Å². The van der Waals surface area contributed by atoms with E-state index >= 15 is 0 Å². The Labute approximate surface area is 191 Å². The number of ether oxygens (including phenoxy) is 2. The molecule has 6 nitrogen and oxygen atoms in total. The normalized spacial score (nSPS) is 11.4. The topological polar surface area (TPSA) is 76.7 Å². The Balaban J connectivity index is 3.27. The van der Waals surface area contributed by atoms with Crippen LogP contribution in [0, 0.1) is 0 Å². The first-order valence-electron chi connectivity index (χ1n) is 12.7. The van der Waals surface area contributed by atoms with Crippen molar-refractivity contribution in [3.05, 3.63) is 0 Å². The number of carbonyl (C=O) groups is 2. The van der Waals surface area contributed by atoms with Crippen molar-refractivity contribution in [1.82, 2.24) is 10.6 Å². The molecule has 0 spiro atoms. The van der Waals surface area contributed by atoms with E-state index < -0.39 is 11.7 Å². The van der Waals surface area contributed by atoms with Crippen LogP contribution in [-0.2, 0) is 14.3 Å². The van der Waals surface area contributed by atoms with Crippen molar-refractivity contribution in [3.63, 3.8) is 0 Å². The lowest BCUT2D eigenvalue weighted by Gasteiger charge is -2.19. The van der Waals surface area contributed by atoms with E-state index in [9.17, 15) is 9.59 Å². The van der Waals surface area contributed by atoms with E-state index in [1.807, 2.05) is 20.8 Å². The van der Waals surface area contributed by atoms with Gasteiger partial charge in [-0.05, 0) is 27.2 Å². The number of amides is 2. The predicted molar refractivity (Wildman–Crippen MR) is 128 cm³/mol. The zero-order valence-corrected chi connectivity index (χ0v) is 20.9. The molecule has 0 fully saturated rings. The Kier molecular flexibility index (Phi) is 19.7. The molecule has 0 unspecified atom stereocenters. The van der Waals surface area contributed by atoms with Crippen molar-refractivity contribution in [1.29, 1.82) is 0 Å². The Morgan fingerprint density at radius 2 is 1.13 bits per heavy atom. The lowest BCUT2D eigenvalue weighted by Crippen LogP contribution is -2.34. The Morgan fingerprint density at radius 3 is 1.61 bits per heavy atom. The Hall–Kier alpha value is -1.30. The predicted octanol–water partition coefficient (Wildman–Crippen LogP) is 6.13. The number of nitrogens with one attached hydrogen (secondary N) is 2. The molecule has 0 aliphatic carbocycles. The van der Waals surface area contributed by atoms with Gasteiger partial charge in [0, 0.05) is 19.5 Å². The monoisotopic (exact) mass is 442 g/mol. The molecule has 184 valence electrons. The van der Waals surface area contributed by atoms with Gasteiger partial charge >= 0.3 is 6.09 Å². The molecule has 0 aromatic rings. The van der Waals surface area contributed by atoms with Gasteiger partial charge in [0.05, 0.1) is 13.2 Å². The summed E-state index contributed by atoms with van der Waals surface area (Å²) in [7, 11) is 0. The number of rotatable bonds is 20. The minimum atomic E-state index is -0.498. The number of carbonyl (C=O) groups excluding carboxylic acids is 2. The van der Waals surface area contributed by atoms with Gasteiger partial charge in [0.1, 0.15) is 5.60 Å². The molecule has 0 aliphatic heterocycles. The highest BCUT2D eigenvalue weighted by atomic mass is 16.6. The molecule has 0 aromatic carbocycles. The van der Waals surface area contributed by atoms with E-state index in [1.165, 1.54) is 70.6 Å². The first-order chi connectivity index (χ1) is 14.8. The molecule has 0 bridgehead atoms. The van der Waals surface area contributed by atoms with E-state index in [2.05, 4.69) is 17.6 Å². The molecule has 0 heterocycles. The molecule has 0 atom stereocenters. The van der Waals surface area contributed by atoms with E-state index in [0.717, 1.165) is 12.8 Å². The fourth-order valence-corrected chi connectivity index (χ4v) is 3.30. The van der Waals surface area contributed by atoms with Gasteiger partial charge in [-0.3, -0.25) is 4.79 Å². The first-order valence-corrected chi connectivity index (χ1v) is 12.7. The van der Waals surface area contributed by atoms with Crippen molar-refractivity contribution >= 4 is 12.0 Å². The van der Waals surface area contributed by atoms with Gasteiger partial charge in [-0.25, -0.2) is 4.79 Å². The van der Waals surface area contributed by atoms with Crippen LogP contribution >= 0.6 is 0 Å². The van der Waals surface area contributed by atoms with E-state index in [0.29, 0.717) is 32.7 Å². The van der Waals surface area contributed by atoms with Crippen molar-refractivity contribution in [2.75, 3.05) is 26.3 Å².